The largest absolute Gasteiger partial charge is 0.259 e. The van der Waals surface area contributed by atoms with Crippen LogP contribution in [0, 0.1) is 10.1 Å². The van der Waals surface area contributed by atoms with Crippen LogP contribution < -0.4 is 0 Å². The van der Waals surface area contributed by atoms with Gasteiger partial charge in [0.15, 0.2) is 0 Å². The Hall–Kier alpha value is -1.29. The molecule has 1 aromatic carbocycles. The third kappa shape index (κ3) is 3.40. The zero-order valence-corrected chi connectivity index (χ0v) is 9.58. The second-order valence-corrected chi connectivity index (χ2v) is 3.90. The van der Waals surface area contributed by atoms with Crippen molar-refractivity contribution in [2.75, 3.05) is 6.26 Å². The smallest absolute Gasteiger partial charge is 0.246 e. The molecule has 0 amide bonds. The van der Waals surface area contributed by atoms with Gasteiger partial charge in [-0.3, -0.25) is 10.1 Å². The van der Waals surface area contributed by atoms with Gasteiger partial charge < -0.3 is 0 Å². The van der Waals surface area contributed by atoms with Crippen molar-refractivity contribution in [3.05, 3.63) is 45.6 Å². The molecule has 0 aliphatic rings. The molecule has 1 rings (SSSR count). The van der Waals surface area contributed by atoms with Crippen LogP contribution >= 0.6 is 11.8 Å². The molecule has 80 valence electrons. The average molecular weight is 223 g/mol. The zero-order valence-electron chi connectivity index (χ0n) is 8.77. The molecule has 3 nitrogen and oxygen atoms in total. The lowest BCUT2D eigenvalue weighted by molar-refractivity contribution is -0.425. The molecule has 0 N–H and O–H groups in total. The molecule has 0 unspecified atom stereocenters. The fourth-order valence-corrected chi connectivity index (χ4v) is 1.58. The van der Waals surface area contributed by atoms with E-state index in [9.17, 15) is 10.1 Å². The molecule has 4 heteroatoms. The van der Waals surface area contributed by atoms with Gasteiger partial charge in [-0.25, -0.2) is 0 Å². The summed E-state index contributed by atoms with van der Waals surface area (Å²) in [7, 11) is 0. The minimum absolute atomic E-state index is 0.243. The molecule has 0 saturated carbocycles. The molecule has 0 atom stereocenters. The number of thioether (sulfide) groups is 1. The lowest BCUT2D eigenvalue weighted by Crippen LogP contribution is -1.96. The Bertz CT molecular complexity index is 371. The quantitative estimate of drug-likeness (QED) is 0.446. The highest BCUT2D eigenvalue weighted by Gasteiger charge is 2.06. The van der Waals surface area contributed by atoms with Crippen LogP contribution in [0.5, 0.6) is 0 Å². The van der Waals surface area contributed by atoms with Gasteiger partial charge in [0.1, 0.15) is 0 Å². The molecule has 15 heavy (non-hydrogen) atoms. The fraction of sp³-hybridized carbons (Fsp3) is 0.273. The fourth-order valence-electron chi connectivity index (χ4n) is 1.18. The Morgan fingerprint density at radius 2 is 2.07 bits per heavy atom. The molecule has 0 aliphatic carbocycles. The number of hydrogen-bond donors (Lipinski definition) is 0. The van der Waals surface area contributed by atoms with E-state index in [-0.39, 0.29) is 10.6 Å². The van der Waals surface area contributed by atoms with Gasteiger partial charge in [0.25, 0.3) is 0 Å². The molecular formula is C11H13NO2S. The first-order valence-corrected chi connectivity index (χ1v) is 5.89. The molecule has 0 radical (unpaired) electrons. The summed E-state index contributed by atoms with van der Waals surface area (Å²) in [6.45, 7) is 1.78. The number of allylic oxidation sites excluding steroid dienone is 1. The topological polar surface area (TPSA) is 43.1 Å². The summed E-state index contributed by atoms with van der Waals surface area (Å²) in [5.41, 5.74) is 1.12. The van der Waals surface area contributed by atoms with Crippen LogP contribution in [0.4, 0.5) is 0 Å². The van der Waals surface area contributed by atoms with Crippen molar-refractivity contribution in [2.24, 2.45) is 0 Å². The van der Waals surface area contributed by atoms with Crippen LogP contribution in [0.15, 0.2) is 34.9 Å². The predicted octanol–water partition coefficient (Wildman–Crippen LogP) is 3.44. The molecule has 1 aromatic rings. The number of nitro groups is 1. The number of hydrogen-bond acceptors (Lipinski definition) is 3. The molecule has 0 aliphatic heterocycles. The van der Waals surface area contributed by atoms with Gasteiger partial charge in [-0.05, 0) is 24.0 Å². The van der Waals surface area contributed by atoms with E-state index in [2.05, 4.69) is 0 Å². The summed E-state index contributed by atoms with van der Waals surface area (Å²) in [6, 6.07) is 7.71. The van der Waals surface area contributed by atoms with Gasteiger partial charge in [0.2, 0.25) is 5.70 Å². The van der Waals surface area contributed by atoms with Crippen molar-refractivity contribution >= 4 is 17.8 Å². The minimum Gasteiger partial charge on any atom is -0.259 e. The van der Waals surface area contributed by atoms with Crippen molar-refractivity contribution < 1.29 is 4.92 Å². The van der Waals surface area contributed by atoms with Gasteiger partial charge in [-0.1, -0.05) is 19.1 Å². The molecule has 0 aromatic heterocycles. The van der Waals surface area contributed by atoms with Gasteiger partial charge in [0, 0.05) is 17.4 Å². The predicted molar refractivity (Wildman–Crippen MR) is 63.5 cm³/mol. The Balaban J connectivity index is 2.92. The van der Waals surface area contributed by atoms with Gasteiger partial charge in [-0.15, -0.1) is 11.8 Å². The first kappa shape index (κ1) is 11.8. The molecule has 0 bridgehead atoms. The van der Waals surface area contributed by atoms with Gasteiger partial charge in [-0.2, -0.15) is 0 Å². The third-order valence-electron chi connectivity index (χ3n) is 2.05. The Labute approximate surface area is 93.3 Å². The summed E-state index contributed by atoms with van der Waals surface area (Å²) < 4.78 is 0. The van der Waals surface area contributed by atoms with Crippen LogP contribution in [0.3, 0.4) is 0 Å². The monoisotopic (exact) mass is 223 g/mol. The Morgan fingerprint density at radius 1 is 1.47 bits per heavy atom. The average Bonchev–Trinajstić information content (AvgIpc) is 2.26. The van der Waals surface area contributed by atoms with Gasteiger partial charge in [0.05, 0.1) is 4.92 Å². The second-order valence-electron chi connectivity index (χ2n) is 3.02. The van der Waals surface area contributed by atoms with E-state index in [1.807, 2.05) is 30.5 Å². The van der Waals surface area contributed by atoms with E-state index in [0.717, 1.165) is 10.5 Å². The highest BCUT2D eigenvalue weighted by Crippen LogP contribution is 2.17. The maximum atomic E-state index is 10.6. The van der Waals surface area contributed by atoms with Crippen molar-refractivity contribution in [3.8, 4) is 0 Å². The van der Waals surface area contributed by atoms with Crippen LogP contribution in [-0.2, 0) is 0 Å². The summed E-state index contributed by atoms with van der Waals surface area (Å²) in [5.74, 6) is 0. The first-order chi connectivity index (χ1) is 7.17. The third-order valence-corrected chi connectivity index (χ3v) is 2.79. The SMILES string of the molecule is CCC(=Cc1ccc(SC)cc1)[N+](=O)[O-]. The number of nitrogens with zero attached hydrogens (tertiary/aromatic N) is 1. The van der Waals surface area contributed by atoms with E-state index >= 15 is 0 Å². The summed E-state index contributed by atoms with van der Waals surface area (Å²) in [5, 5.41) is 10.6. The van der Waals surface area contributed by atoms with Crippen LogP contribution in [0.25, 0.3) is 6.08 Å². The van der Waals surface area contributed by atoms with Crippen LogP contribution in [0.1, 0.15) is 18.9 Å². The van der Waals surface area contributed by atoms with Crippen LogP contribution in [0.2, 0.25) is 0 Å². The van der Waals surface area contributed by atoms with Crippen molar-refractivity contribution in [1.82, 2.24) is 0 Å². The Kier molecular flexibility index (Phi) is 4.37. The molecule has 0 spiro atoms. The number of rotatable bonds is 4. The highest BCUT2D eigenvalue weighted by atomic mass is 32.2. The zero-order chi connectivity index (χ0) is 11.3. The molecular weight excluding hydrogens is 210 g/mol. The van der Waals surface area contributed by atoms with E-state index in [1.54, 1.807) is 24.8 Å². The van der Waals surface area contributed by atoms with Crippen LogP contribution in [-0.4, -0.2) is 11.2 Å². The van der Waals surface area contributed by atoms with E-state index < -0.39 is 0 Å². The van der Waals surface area contributed by atoms with E-state index in [4.69, 9.17) is 0 Å². The minimum atomic E-state index is -0.331. The van der Waals surface area contributed by atoms with Crippen molar-refractivity contribution in [1.29, 1.82) is 0 Å². The summed E-state index contributed by atoms with van der Waals surface area (Å²) >= 11 is 1.65. The molecule has 0 heterocycles. The van der Waals surface area contributed by atoms with Crippen molar-refractivity contribution in [2.45, 2.75) is 18.2 Å². The van der Waals surface area contributed by atoms with E-state index in [0.29, 0.717) is 6.42 Å². The standard InChI is InChI=1S/C11H13NO2S/c1-3-10(12(13)14)8-9-4-6-11(15-2)7-5-9/h4-8H,3H2,1-2H3. The first-order valence-electron chi connectivity index (χ1n) is 4.66. The lowest BCUT2D eigenvalue weighted by Gasteiger charge is -1.98. The lowest BCUT2D eigenvalue weighted by atomic mass is 10.2. The Morgan fingerprint density at radius 3 is 2.47 bits per heavy atom. The highest BCUT2D eigenvalue weighted by molar-refractivity contribution is 7.98. The molecule has 0 fully saturated rings. The maximum absolute atomic E-state index is 10.6. The maximum Gasteiger partial charge on any atom is 0.246 e. The van der Waals surface area contributed by atoms with E-state index in [1.165, 1.54) is 0 Å². The molecule has 0 saturated heterocycles. The van der Waals surface area contributed by atoms with Crippen molar-refractivity contribution in [3.63, 3.8) is 0 Å². The normalized spacial score (nSPS) is 11.5. The number of benzene rings is 1. The second kappa shape index (κ2) is 5.56. The summed E-state index contributed by atoms with van der Waals surface area (Å²) in [6.07, 6.45) is 4.06. The summed E-state index contributed by atoms with van der Waals surface area (Å²) in [4.78, 5) is 11.4. The van der Waals surface area contributed by atoms with Gasteiger partial charge >= 0.3 is 0 Å².